The van der Waals surface area contributed by atoms with Crippen LogP contribution in [0, 0.1) is 0 Å². The van der Waals surface area contributed by atoms with Gasteiger partial charge in [0.05, 0.1) is 50.1 Å². The highest BCUT2D eigenvalue weighted by atomic mass is 19.4. The summed E-state index contributed by atoms with van der Waals surface area (Å²) in [7, 11) is 0. The second kappa shape index (κ2) is 22.1. The third kappa shape index (κ3) is 15.1. The lowest BCUT2D eigenvalue weighted by atomic mass is 9.12. The Morgan fingerprint density at radius 2 is 0.639 bits per heavy atom. The fourth-order valence-electron chi connectivity index (χ4n) is 8.80. The van der Waals surface area contributed by atoms with Crippen molar-refractivity contribution in [2.75, 3.05) is 0 Å². The second-order valence-corrected chi connectivity index (χ2v) is 19.4. The number of hydrogen-bond acceptors (Lipinski definition) is 3. The molecule has 7 aromatic rings. The molecule has 0 saturated carbocycles. The van der Waals surface area contributed by atoms with Crippen molar-refractivity contribution in [2.24, 2.45) is 0 Å². The van der Waals surface area contributed by atoms with Gasteiger partial charge in [-0.15, -0.1) is 0 Å². The van der Waals surface area contributed by atoms with Gasteiger partial charge >= 0.3 is 55.4 Å². The van der Waals surface area contributed by atoms with E-state index in [0.717, 1.165) is 10.9 Å². The Morgan fingerprint density at radius 1 is 0.373 bits per heavy atom. The first-order chi connectivity index (χ1) is 37.6. The van der Waals surface area contributed by atoms with Gasteiger partial charge in [-0.2, -0.15) is 132 Å². The Labute approximate surface area is 451 Å². The smallest absolute Gasteiger partial charge is 0.416 e. The van der Waals surface area contributed by atoms with Crippen LogP contribution in [0.25, 0.3) is 10.9 Å². The van der Waals surface area contributed by atoms with Crippen molar-refractivity contribution in [3.8, 4) is 0 Å². The summed E-state index contributed by atoms with van der Waals surface area (Å²) in [5.74, 6) is -0.401. The maximum Gasteiger partial charge on any atom is 0.416 e. The molecule has 1 heterocycles. The van der Waals surface area contributed by atoms with Gasteiger partial charge in [0.1, 0.15) is 11.7 Å². The molecule has 6 aromatic carbocycles. The minimum atomic E-state index is -6.13. The van der Waals surface area contributed by atoms with E-state index < -0.39 is 200 Å². The summed E-state index contributed by atoms with van der Waals surface area (Å²) in [4.78, 5) is 24.7. The Balaban J connectivity index is 0.000000352. The number of Topliss-reactive ketones (excluding diaryl/α,β-unsaturated/α-hetero) is 1. The van der Waals surface area contributed by atoms with Crippen molar-refractivity contribution in [3.05, 3.63) is 195 Å². The lowest BCUT2D eigenvalue weighted by Crippen LogP contribution is -2.75. The lowest BCUT2D eigenvalue weighted by Gasteiger charge is -2.46. The van der Waals surface area contributed by atoms with E-state index >= 15 is 0 Å². The van der Waals surface area contributed by atoms with Crippen molar-refractivity contribution in [1.82, 2.24) is 0 Å². The van der Waals surface area contributed by atoms with Crippen LogP contribution in [0.4, 0.5) is 105 Å². The highest BCUT2D eigenvalue weighted by Gasteiger charge is 2.47. The van der Waals surface area contributed by atoms with Crippen LogP contribution >= 0.6 is 0 Å². The summed E-state index contributed by atoms with van der Waals surface area (Å²) in [5, 5.41) is 1.09. The first-order valence-corrected chi connectivity index (χ1v) is 23.2. The molecule has 7 rings (SSSR count). The Bertz CT molecular complexity index is 3100. The largest absolute Gasteiger partial charge is 0.456 e. The van der Waals surface area contributed by atoms with E-state index in [1.165, 1.54) is 0 Å². The van der Waals surface area contributed by atoms with Crippen LogP contribution in [-0.2, 0) is 60.7 Å². The number of carbonyl (C=O) groups excluding carboxylic acids is 2. The molecule has 29 heteroatoms. The van der Waals surface area contributed by atoms with E-state index in [9.17, 15) is 115 Å². The quantitative estimate of drug-likeness (QED) is 0.0501. The summed E-state index contributed by atoms with van der Waals surface area (Å²) in [6.07, 6.45) is -52.9. The van der Waals surface area contributed by atoms with Crippen molar-refractivity contribution >= 4 is 50.7 Å². The number of esters is 1. The second-order valence-electron chi connectivity index (χ2n) is 19.4. The fourth-order valence-corrected chi connectivity index (χ4v) is 8.80. The van der Waals surface area contributed by atoms with Gasteiger partial charge in [0.2, 0.25) is 17.8 Å². The van der Waals surface area contributed by atoms with Crippen molar-refractivity contribution in [3.63, 3.8) is 0 Å². The van der Waals surface area contributed by atoms with E-state index in [1.807, 2.05) is 67.9 Å². The standard InChI is InChI=1S/C32H12BF24.C22H22NO3/c34-25(35,36)13-1-14(26(37,38)39)6-21(5-13)33(22-7-15(27(40,41)42)2-16(8-22)28(43,44)45,23-9-17(29(46,47)48)3-18(10-23)30(49,50)51)24-11-19(31(52,53)54)4-20(12-24)32(55,56)57;1-22(2,3)26-21(25)18-12-10-17(11-13-18)20(24)15-23-14-6-8-16-7-4-5-9-19(16)23/h1-12H;4-14H,15H2,1-3H3/q-1;+1. The number of ether oxygens (including phenoxy) is 1. The number of halogens is 24. The number of alkyl halides is 24. The third-order valence-corrected chi connectivity index (χ3v) is 12.4. The number of fused-ring (bicyclic) bond motifs is 1. The van der Waals surface area contributed by atoms with E-state index in [2.05, 4.69) is 0 Å². The summed E-state index contributed by atoms with van der Waals surface area (Å²) in [5.41, 5.74) is -28.7. The molecule has 0 aliphatic heterocycles. The van der Waals surface area contributed by atoms with Gasteiger partial charge in [-0.3, -0.25) is 4.79 Å². The molecule has 0 bridgehead atoms. The monoisotopic (exact) mass is 1210 g/mol. The zero-order chi connectivity index (χ0) is 62.6. The van der Waals surface area contributed by atoms with Crippen LogP contribution in [0.3, 0.4) is 0 Å². The van der Waals surface area contributed by atoms with Crippen LogP contribution in [-0.4, -0.2) is 23.5 Å². The summed E-state index contributed by atoms with van der Waals surface area (Å²) in [6.45, 7) is 5.71. The van der Waals surface area contributed by atoms with Crippen molar-refractivity contribution < 1.29 is 124 Å². The molecule has 0 aliphatic rings. The number of aromatic nitrogens is 1. The van der Waals surface area contributed by atoms with Gasteiger partial charge in [-0.05, 0) is 69.3 Å². The van der Waals surface area contributed by atoms with Crippen LogP contribution in [0.2, 0.25) is 0 Å². The topological polar surface area (TPSA) is 47.3 Å². The van der Waals surface area contributed by atoms with Crippen LogP contribution < -0.4 is 26.4 Å². The molecular formula is C54H34BF24NO3. The highest BCUT2D eigenvalue weighted by Crippen LogP contribution is 2.41. The normalized spacial score (nSPS) is 13.4. The molecule has 0 radical (unpaired) electrons. The zero-order valence-corrected chi connectivity index (χ0v) is 41.8. The number of carbonyl (C=O) groups is 2. The molecule has 0 saturated heterocycles. The SMILES string of the molecule is CC(C)(C)OC(=O)c1ccc(C(=O)C[n+]2cccc3ccccc32)cc1.FC(F)(F)c1cc([B-](c2cc(C(F)(F)F)cc(C(F)(F)F)c2)(c2cc(C(F)(F)F)cc(C(F)(F)F)c2)c2cc(C(F)(F)F)cc(C(F)(F)F)c2)cc(C(F)(F)F)c1. The molecule has 444 valence electrons. The van der Waals surface area contributed by atoms with Crippen LogP contribution in [0.1, 0.15) is 86.0 Å². The van der Waals surface area contributed by atoms with Gasteiger partial charge in [0.25, 0.3) is 0 Å². The Kier molecular flexibility index (Phi) is 17.2. The van der Waals surface area contributed by atoms with E-state index in [0.29, 0.717) is 11.1 Å². The molecule has 0 N–H and O–H groups in total. The highest BCUT2D eigenvalue weighted by molar-refractivity contribution is 7.20. The van der Waals surface area contributed by atoms with Crippen LogP contribution in [0.15, 0.2) is 140 Å². The number of para-hydroxylation sites is 1. The third-order valence-electron chi connectivity index (χ3n) is 12.4. The number of pyridine rings is 1. The van der Waals surface area contributed by atoms with Gasteiger partial charge in [0, 0.05) is 23.1 Å². The average molecular weight is 1210 g/mol. The zero-order valence-electron chi connectivity index (χ0n) is 41.8. The van der Waals surface area contributed by atoms with E-state index in [-0.39, 0.29) is 18.3 Å². The number of nitrogens with zero attached hydrogens (tertiary/aromatic N) is 1. The molecule has 0 aliphatic carbocycles. The molecule has 0 fully saturated rings. The minimum Gasteiger partial charge on any atom is -0.456 e. The molecule has 1 aromatic heterocycles. The van der Waals surface area contributed by atoms with E-state index in [1.54, 1.807) is 24.3 Å². The molecule has 0 unspecified atom stereocenters. The lowest BCUT2D eigenvalue weighted by molar-refractivity contribution is -0.657. The van der Waals surface area contributed by atoms with Crippen molar-refractivity contribution in [1.29, 1.82) is 0 Å². The number of rotatable bonds is 8. The van der Waals surface area contributed by atoms with Gasteiger partial charge in [-0.25, -0.2) is 4.79 Å². The first-order valence-electron chi connectivity index (χ1n) is 23.2. The number of hydrogen-bond donors (Lipinski definition) is 0. The molecule has 83 heavy (non-hydrogen) atoms. The number of benzene rings is 6. The molecular weight excluding hydrogens is 1180 g/mol. The van der Waals surface area contributed by atoms with Crippen molar-refractivity contribution in [2.45, 2.75) is 82.3 Å². The molecule has 0 amide bonds. The fraction of sp³-hybridized carbons (Fsp3) is 0.241. The summed E-state index contributed by atoms with van der Waals surface area (Å²) < 4.78 is 348. The van der Waals surface area contributed by atoms with Crippen LogP contribution in [0.5, 0.6) is 0 Å². The minimum absolute atomic E-state index is 0.0120. The maximum absolute atomic E-state index is 14.2. The Hall–Kier alpha value is -7.75. The average Bonchev–Trinajstić information content (AvgIpc) is 2.47. The van der Waals surface area contributed by atoms with Gasteiger partial charge in [-0.1, -0.05) is 72.8 Å². The van der Waals surface area contributed by atoms with Gasteiger partial charge in [0.15, 0.2) is 6.20 Å². The Morgan fingerprint density at radius 3 is 0.916 bits per heavy atom. The molecule has 4 nitrogen and oxygen atoms in total. The summed E-state index contributed by atoms with van der Waals surface area (Å²) in [6, 6.07) is 9.70. The summed E-state index contributed by atoms with van der Waals surface area (Å²) >= 11 is 0. The predicted octanol–water partition coefficient (Wildman–Crippen LogP) is 15.2. The van der Waals surface area contributed by atoms with Gasteiger partial charge < -0.3 is 4.74 Å². The molecule has 0 atom stereocenters. The molecule has 0 spiro atoms. The predicted molar refractivity (Wildman–Crippen MR) is 250 cm³/mol. The van der Waals surface area contributed by atoms with E-state index in [4.69, 9.17) is 4.74 Å². The number of ketones is 1. The first kappa shape index (κ1) is 64.4. The maximum atomic E-state index is 14.2.